The molecule has 0 aromatic heterocycles. The lowest BCUT2D eigenvalue weighted by atomic mass is 10.2. The highest BCUT2D eigenvalue weighted by molar-refractivity contribution is 14.0. The molecule has 2 fully saturated rings. The smallest absolute Gasteiger partial charge is 0.243 e. The molecule has 0 unspecified atom stereocenters. The summed E-state index contributed by atoms with van der Waals surface area (Å²) in [6.45, 7) is 4.94. The molecule has 6 nitrogen and oxygen atoms in total. The molecule has 1 saturated carbocycles. The Balaban J connectivity index is 0.00000261. The molecule has 1 aliphatic heterocycles. The number of hydrogen-bond acceptors (Lipinski definition) is 3. The normalized spacial score (nSPS) is 18.0. The lowest BCUT2D eigenvalue weighted by molar-refractivity contribution is -0.127. The van der Waals surface area contributed by atoms with Crippen molar-refractivity contribution in [2.75, 3.05) is 46.8 Å². The Bertz CT molecular complexity index is 640. The predicted octanol–water partition coefficient (Wildman–Crippen LogP) is 2.27. The predicted molar refractivity (Wildman–Crippen MR) is 121 cm³/mol. The van der Waals surface area contributed by atoms with Gasteiger partial charge in [0.25, 0.3) is 0 Å². The van der Waals surface area contributed by atoms with Gasteiger partial charge < -0.3 is 15.1 Å². The highest BCUT2D eigenvalue weighted by Gasteiger charge is 2.27. The van der Waals surface area contributed by atoms with Crippen molar-refractivity contribution in [3.05, 3.63) is 34.9 Å². The zero-order valence-electron chi connectivity index (χ0n) is 16.0. The summed E-state index contributed by atoms with van der Waals surface area (Å²) in [5, 5.41) is 4.27. The Labute approximate surface area is 183 Å². The first-order chi connectivity index (χ1) is 12.5. The van der Waals surface area contributed by atoms with Crippen molar-refractivity contribution in [1.29, 1.82) is 0 Å². The highest BCUT2D eigenvalue weighted by atomic mass is 127. The zero-order chi connectivity index (χ0) is 18.5. The molecule has 0 spiro atoms. The second-order valence-corrected chi connectivity index (χ2v) is 7.67. The zero-order valence-corrected chi connectivity index (χ0v) is 19.1. The summed E-state index contributed by atoms with van der Waals surface area (Å²) in [5.41, 5.74) is 1.28. The van der Waals surface area contributed by atoms with Crippen molar-refractivity contribution >= 4 is 47.4 Å². The molecule has 2 aliphatic rings. The number of piperazine rings is 1. The third kappa shape index (κ3) is 7.12. The third-order valence-electron chi connectivity index (χ3n) is 4.76. The van der Waals surface area contributed by atoms with Gasteiger partial charge in [-0.05, 0) is 30.5 Å². The number of guanidine groups is 1. The molecule has 150 valence electrons. The van der Waals surface area contributed by atoms with Gasteiger partial charge in [-0.3, -0.25) is 9.69 Å². The molecule has 1 amide bonds. The number of carbonyl (C=O) groups is 1. The second-order valence-electron chi connectivity index (χ2n) is 7.24. The number of likely N-dealkylation sites (N-methyl/N-ethyl adjacent to an activating group) is 1. The molecule has 1 aliphatic carbocycles. The van der Waals surface area contributed by atoms with Crippen LogP contribution in [0.5, 0.6) is 0 Å². The molecule has 0 radical (unpaired) electrons. The van der Waals surface area contributed by atoms with Crippen LogP contribution in [-0.4, -0.2) is 79.4 Å². The molecule has 8 heteroatoms. The molecule has 0 atom stereocenters. The van der Waals surface area contributed by atoms with Crippen LogP contribution < -0.4 is 5.32 Å². The highest BCUT2D eigenvalue weighted by Crippen LogP contribution is 2.19. The van der Waals surface area contributed by atoms with Crippen molar-refractivity contribution in [3.63, 3.8) is 0 Å². The van der Waals surface area contributed by atoms with Gasteiger partial charge in [-0.15, -0.1) is 24.0 Å². The average molecular weight is 506 g/mol. The number of carbonyl (C=O) groups excluding carboxylic acids is 1. The molecular weight excluding hydrogens is 477 g/mol. The molecule has 27 heavy (non-hydrogen) atoms. The van der Waals surface area contributed by atoms with Crippen molar-refractivity contribution in [3.8, 4) is 0 Å². The summed E-state index contributed by atoms with van der Waals surface area (Å²) < 4.78 is 0. The van der Waals surface area contributed by atoms with Crippen molar-refractivity contribution in [2.45, 2.75) is 25.4 Å². The summed E-state index contributed by atoms with van der Waals surface area (Å²) >= 11 is 5.96. The lowest BCUT2D eigenvalue weighted by Crippen LogP contribution is -2.52. The van der Waals surface area contributed by atoms with E-state index in [1.807, 2.05) is 12.1 Å². The molecule has 1 N–H and O–H groups in total. The van der Waals surface area contributed by atoms with E-state index >= 15 is 0 Å². The van der Waals surface area contributed by atoms with Gasteiger partial charge >= 0.3 is 0 Å². The monoisotopic (exact) mass is 505 g/mol. The fraction of sp³-hybridized carbons (Fsp3) is 0.579. The SMILES string of the molecule is CN(C)C(=O)CN=C(NC1CC1)N1CCN(Cc2ccc(Cl)cc2)CC1.I. The molecule has 1 saturated heterocycles. The first-order valence-corrected chi connectivity index (χ1v) is 9.62. The van der Waals surface area contributed by atoms with Crippen LogP contribution >= 0.6 is 35.6 Å². The first kappa shape index (κ1) is 22.2. The van der Waals surface area contributed by atoms with Gasteiger partial charge in [0.1, 0.15) is 6.54 Å². The van der Waals surface area contributed by atoms with E-state index in [4.69, 9.17) is 11.6 Å². The number of halogens is 2. The Morgan fingerprint density at radius 1 is 1.19 bits per heavy atom. The van der Waals surface area contributed by atoms with Gasteiger partial charge in [-0.25, -0.2) is 4.99 Å². The van der Waals surface area contributed by atoms with Gasteiger partial charge in [0.05, 0.1) is 0 Å². The Morgan fingerprint density at radius 3 is 2.37 bits per heavy atom. The Hall–Kier alpha value is -1.06. The van der Waals surface area contributed by atoms with E-state index in [9.17, 15) is 4.79 Å². The minimum Gasteiger partial charge on any atom is -0.353 e. The summed E-state index contributed by atoms with van der Waals surface area (Å²) in [6.07, 6.45) is 2.38. The van der Waals surface area contributed by atoms with Crippen molar-refractivity contribution < 1.29 is 4.79 Å². The summed E-state index contributed by atoms with van der Waals surface area (Å²) in [7, 11) is 3.53. The van der Waals surface area contributed by atoms with Gasteiger partial charge in [0.2, 0.25) is 5.91 Å². The van der Waals surface area contributed by atoms with Gasteiger partial charge in [0.15, 0.2) is 5.96 Å². The van der Waals surface area contributed by atoms with E-state index < -0.39 is 0 Å². The minimum absolute atomic E-state index is 0. The maximum Gasteiger partial charge on any atom is 0.243 e. The van der Waals surface area contributed by atoms with Crippen LogP contribution in [0.4, 0.5) is 0 Å². The van der Waals surface area contributed by atoms with Crippen molar-refractivity contribution in [2.24, 2.45) is 4.99 Å². The van der Waals surface area contributed by atoms with Crippen LogP contribution in [0.25, 0.3) is 0 Å². The van der Waals surface area contributed by atoms with Gasteiger partial charge in [-0.1, -0.05) is 23.7 Å². The fourth-order valence-corrected chi connectivity index (χ4v) is 3.02. The molecule has 1 aromatic carbocycles. The molecular formula is C19H29ClIN5O. The number of amides is 1. The number of benzene rings is 1. The number of aliphatic imine (C=N–C) groups is 1. The Morgan fingerprint density at radius 2 is 1.81 bits per heavy atom. The van der Waals surface area contributed by atoms with E-state index in [1.165, 1.54) is 18.4 Å². The molecule has 0 bridgehead atoms. The number of nitrogens with zero attached hydrogens (tertiary/aromatic N) is 4. The summed E-state index contributed by atoms with van der Waals surface area (Å²) in [4.78, 5) is 22.7. The van der Waals surface area contributed by atoms with E-state index in [0.29, 0.717) is 6.04 Å². The van der Waals surface area contributed by atoms with Crippen LogP contribution in [0.1, 0.15) is 18.4 Å². The number of hydrogen-bond donors (Lipinski definition) is 1. The maximum atomic E-state index is 11.9. The lowest BCUT2D eigenvalue weighted by Gasteiger charge is -2.36. The van der Waals surface area contributed by atoms with Crippen LogP contribution in [0.3, 0.4) is 0 Å². The van der Waals surface area contributed by atoms with E-state index in [-0.39, 0.29) is 36.4 Å². The maximum absolute atomic E-state index is 11.9. The topological polar surface area (TPSA) is 51.2 Å². The molecule has 1 aromatic rings. The third-order valence-corrected chi connectivity index (χ3v) is 5.02. The fourth-order valence-electron chi connectivity index (χ4n) is 2.90. The first-order valence-electron chi connectivity index (χ1n) is 9.24. The van der Waals surface area contributed by atoms with E-state index in [0.717, 1.165) is 43.7 Å². The van der Waals surface area contributed by atoms with Crippen LogP contribution in [-0.2, 0) is 11.3 Å². The van der Waals surface area contributed by atoms with E-state index in [2.05, 4.69) is 32.2 Å². The minimum atomic E-state index is 0. The summed E-state index contributed by atoms with van der Waals surface area (Å²) in [6, 6.07) is 8.58. The van der Waals surface area contributed by atoms with Crippen LogP contribution in [0.15, 0.2) is 29.3 Å². The quantitative estimate of drug-likeness (QED) is 0.379. The standard InChI is InChI=1S/C19H28ClN5O.HI/c1-23(2)18(26)13-21-19(22-17-7-8-17)25-11-9-24(10-12-25)14-15-3-5-16(20)6-4-15;/h3-6,17H,7-14H2,1-2H3,(H,21,22);1H. The number of nitrogens with one attached hydrogen (secondary N) is 1. The van der Waals surface area contributed by atoms with Gasteiger partial charge in [-0.2, -0.15) is 0 Å². The summed E-state index contributed by atoms with van der Waals surface area (Å²) in [5.74, 6) is 0.912. The van der Waals surface area contributed by atoms with Crippen LogP contribution in [0, 0.1) is 0 Å². The average Bonchev–Trinajstić information content (AvgIpc) is 3.45. The Kier molecular flexibility index (Phi) is 8.62. The second kappa shape index (κ2) is 10.5. The van der Waals surface area contributed by atoms with Crippen LogP contribution in [0.2, 0.25) is 5.02 Å². The van der Waals surface area contributed by atoms with E-state index in [1.54, 1.807) is 19.0 Å². The van der Waals surface area contributed by atoms with Crippen molar-refractivity contribution in [1.82, 2.24) is 20.0 Å². The molecule has 3 rings (SSSR count). The molecule has 1 heterocycles. The largest absolute Gasteiger partial charge is 0.353 e. The number of rotatable bonds is 5. The van der Waals surface area contributed by atoms with Gasteiger partial charge in [0, 0.05) is 57.9 Å².